The van der Waals surface area contributed by atoms with Crippen molar-refractivity contribution >= 4 is 34.3 Å². The summed E-state index contributed by atoms with van der Waals surface area (Å²) in [6, 6.07) is 8.43. The number of aryl methyl sites for hydroxylation is 1. The minimum Gasteiger partial charge on any atom is -0.377 e. The standard InChI is InChI=1S/C33H33N7O5/c1-20(41)30-25-12-22(24-15-35-21(2)36-16-24)7-8-26(25)39(38-30)17-29(42)40-27-13-33(14-28(33)40)19-45-11-4-3-10-44-18-23-6-5-9-34-31(23)37-32(27)43/h3-9,12,15-16,27-28H,10-11,13-14,17-19H2,1-2H3,(H,34,37,43)/b4-3+/t27-,28?,33-/m0/s1. The molecule has 1 aliphatic carbocycles. The van der Waals surface area contributed by atoms with Crippen LogP contribution in [-0.2, 0) is 32.2 Å². The normalized spacial score (nSPS) is 23.8. The lowest BCUT2D eigenvalue weighted by Crippen LogP contribution is -2.47. The van der Waals surface area contributed by atoms with Crippen molar-refractivity contribution in [3.8, 4) is 11.1 Å². The lowest BCUT2D eigenvalue weighted by Gasteiger charge is -2.27. The fraction of sp³-hybridized carbons (Fsp3) is 0.364. The van der Waals surface area contributed by atoms with Crippen LogP contribution in [0.4, 0.5) is 5.82 Å². The van der Waals surface area contributed by atoms with Crippen molar-refractivity contribution < 1.29 is 23.9 Å². The second-order valence-corrected chi connectivity index (χ2v) is 11.9. The molecule has 3 aliphatic rings. The summed E-state index contributed by atoms with van der Waals surface area (Å²) in [7, 11) is 0. The van der Waals surface area contributed by atoms with E-state index in [1.54, 1.807) is 34.2 Å². The molecule has 12 nitrogen and oxygen atoms in total. The van der Waals surface area contributed by atoms with Crippen LogP contribution in [0.1, 0.15) is 41.6 Å². The summed E-state index contributed by atoms with van der Waals surface area (Å²) < 4.78 is 13.3. The first-order valence-corrected chi connectivity index (χ1v) is 15.0. The number of fused-ring (bicyclic) bond motifs is 3. The number of ketones is 1. The van der Waals surface area contributed by atoms with Gasteiger partial charge in [-0.25, -0.2) is 15.0 Å². The molecule has 45 heavy (non-hydrogen) atoms. The van der Waals surface area contributed by atoms with Gasteiger partial charge in [-0.2, -0.15) is 5.10 Å². The number of hydrogen-bond acceptors (Lipinski definition) is 9. The van der Waals surface area contributed by atoms with E-state index in [0.717, 1.165) is 23.1 Å². The smallest absolute Gasteiger partial charge is 0.248 e. The number of piperidine rings is 1. The van der Waals surface area contributed by atoms with Crippen LogP contribution in [0.15, 0.2) is 61.1 Å². The van der Waals surface area contributed by atoms with Gasteiger partial charge in [-0.1, -0.05) is 24.3 Å². The van der Waals surface area contributed by atoms with Crippen molar-refractivity contribution in [1.82, 2.24) is 29.6 Å². The highest BCUT2D eigenvalue weighted by Gasteiger charge is 2.67. The lowest BCUT2D eigenvalue weighted by atomic mass is 10.00. The van der Waals surface area contributed by atoms with Crippen molar-refractivity contribution in [2.24, 2.45) is 5.41 Å². The SMILES string of the molecule is CC(=O)c1nn(CC(=O)N2C3C[C@@]34COC/C=C/COCc3cccnc3NC(=O)[C@@H]2C4)c2ccc(-c3cnc(C)nc3)cc12. The largest absolute Gasteiger partial charge is 0.377 e. The summed E-state index contributed by atoms with van der Waals surface area (Å²) in [5.74, 6) is 0.315. The number of rotatable bonds is 4. The minimum atomic E-state index is -0.710. The number of carbonyl (C=O) groups is 3. The topological polar surface area (TPSA) is 141 Å². The van der Waals surface area contributed by atoms with Gasteiger partial charge in [0.1, 0.15) is 29.9 Å². The van der Waals surface area contributed by atoms with Crippen LogP contribution in [0.2, 0.25) is 0 Å². The molecule has 1 saturated heterocycles. The zero-order chi connectivity index (χ0) is 31.1. The zero-order valence-electron chi connectivity index (χ0n) is 25.1. The molecule has 3 atom stereocenters. The lowest BCUT2D eigenvalue weighted by molar-refractivity contribution is -0.138. The average molecular weight is 608 g/mol. The highest BCUT2D eigenvalue weighted by atomic mass is 16.5. The van der Waals surface area contributed by atoms with Gasteiger partial charge in [0.25, 0.3) is 0 Å². The van der Waals surface area contributed by atoms with Gasteiger partial charge in [0.05, 0.1) is 31.9 Å². The van der Waals surface area contributed by atoms with E-state index in [1.165, 1.54) is 6.92 Å². The van der Waals surface area contributed by atoms with Crippen LogP contribution < -0.4 is 5.32 Å². The van der Waals surface area contributed by atoms with Crippen LogP contribution in [0.5, 0.6) is 0 Å². The second kappa shape index (κ2) is 11.6. The number of nitrogens with one attached hydrogen (secondary N) is 1. The first kappa shape index (κ1) is 28.9. The maximum absolute atomic E-state index is 14.1. The second-order valence-electron chi connectivity index (χ2n) is 11.9. The Hall–Kier alpha value is -4.81. The van der Waals surface area contributed by atoms with Crippen LogP contribution >= 0.6 is 0 Å². The molecule has 2 fully saturated rings. The molecule has 5 heterocycles. The molecule has 1 saturated carbocycles. The van der Waals surface area contributed by atoms with Crippen molar-refractivity contribution in [3.63, 3.8) is 0 Å². The molecule has 1 spiro atoms. The van der Waals surface area contributed by atoms with E-state index in [4.69, 9.17) is 9.47 Å². The first-order chi connectivity index (χ1) is 21.8. The minimum absolute atomic E-state index is 0.126. The number of hydrogen-bond donors (Lipinski definition) is 1. The van der Waals surface area contributed by atoms with E-state index < -0.39 is 6.04 Å². The number of Topliss-reactive ketones (excluding diaryl/α,β-unsaturated/α-hetero) is 1. The van der Waals surface area contributed by atoms with Crippen molar-refractivity contribution in [2.75, 3.05) is 25.1 Å². The molecule has 1 N–H and O–H groups in total. The molecular weight excluding hydrogens is 574 g/mol. The molecule has 1 unspecified atom stereocenters. The highest BCUT2D eigenvalue weighted by Crippen LogP contribution is 2.60. The van der Waals surface area contributed by atoms with E-state index in [0.29, 0.717) is 48.8 Å². The molecule has 230 valence electrons. The third kappa shape index (κ3) is 5.51. The monoisotopic (exact) mass is 607 g/mol. The maximum Gasteiger partial charge on any atom is 0.248 e. The first-order valence-electron chi connectivity index (χ1n) is 15.0. The van der Waals surface area contributed by atoms with E-state index in [-0.39, 0.29) is 47.9 Å². The van der Waals surface area contributed by atoms with Gasteiger partial charge in [0.2, 0.25) is 11.8 Å². The van der Waals surface area contributed by atoms with Crippen molar-refractivity contribution in [1.29, 1.82) is 0 Å². The summed E-state index contributed by atoms with van der Waals surface area (Å²) in [4.78, 5) is 55.2. The van der Waals surface area contributed by atoms with Gasteiger partial charge >= 0.3 is 0 Å². The predicted octanol–water partition coefficient (Wildman–Crippen LogP) is 3.50. The number of likely N-dealkylation sites (tertiary alicyclic amines) is 1. The molecule has 2 bridgehead atoms. The number of benzene rings is 1. The highest BCUT2D eigenvalue weighted by molar-refractivity contribution is 6.06. The fourth-order valence-corrected chi connectivity index (χ4v) is 6.48. The summed E-state index contributed by atoms with van der Waals surface area (Å²) in [6.07, 6.45) is 10.2. The number of pyridine rings is 1. The number of nitrogens with zero attached hydrogens (tertiary/aromatic N) is 6. The Labute approximate surface area is 259 Å². The summed E-state index contributed by atoms with van der Waals surface area (Å²) in [6.45, 7) is 4.70. The molecule has 3 aromatic heterocycles. The fourth-order valence-electron chi connectivity index (χ4n) is 6.48. The van der Waals surface area contributed by atoms with Crippen LogP contribution in [0.3, 0.4) is 0 Å². The molecule has 4 aromatic rings. The van der Waals surface area contributed by atoms with Gasteiger partial charge < -0.3 is 19.7 Å². The van der Waals surface area contributed by atoms with Crippen LogP contribution in [0.25, 0.3) is 22.0 Å². The van der Waals surface area contributed by atoms with Gasteiger partial charge in [-0.15, -0.1) is 0 Å². The zero-order valence-corrected chi connectivity index (χ0v) is 25.1. The van der Waals surface area contributed by atoms with Crippen LogP contribution in [-0.4, -0.2) is 79.1 Å². The Bertz CT molecular complexity index is 1830. The number of amides is 2. The number of carbonyl (C=O) groups excluding carboxylic acids is 3. The average Bonchev–Trinajstić information content (AvgIpc) is 3.44. The molecular formula is C33H33N7O5. The van der Waals surface area contributed by atoms with Gasteiger partial charge in [0, 0.05) is 53.5 Å². The molecule has 7 rings (SSSR count). The molecule has 2 amide bonds. The molecule has 1 aromatic carbocycles. The Morgan fingerprint density at radius 2 is 1.84 bits per heavy atom. The summed E-state index contributed by atoms with van der Waals surface area (Å²) >= 11 is 0. The number of aromatic nitrogens is 5. The van der Waals surface area contributed by atoms with E-state index in [2.05, 4.69) is 25.4 Å². The maximum atomic E-state index is 14.1. The summed E-state index contributed by atoms with van der Waals surface area (Å²) in [5, 5.41) is 8.17. The number of anilines is 1. The Kier molecular flexibility index (Phi) is 7.46. The van der Waals surface area contributed by atoms with Crippen molar-refractivity contribution in [2.45, 2.75) is 51.9 Å². The van der Waals surface area contributed by atoms with Gasteiger partial charge in [-0.3, -0.25) is 19.1 Å². The van der Waals surface area contributed by atoms with Crippen molar-refractivity contribution in [3.05, 3.63) is 78.2 Å². The Balaban J connectivity index is 1.19. The molecule has 2 aliphatic heterocycles. The quantitative estimate of drug-likeness (QED) is 0.273. The number of ether oxygens (including phenoxy) is 2. The Morgan fingerprint density at radius 1 is 1.04 bits per heavy atom. The van der Waals surface area contributed by atoms with Crippen LogP contribution in [0, 0.1) is 12.3 Å². The molecule has 0 radical (unpaired) electrons. The Morgan fingerprint density at radius 3 is 2.64 bits per heavy atom. The van der Waals surface area contributed by atoms with Gasteiger partial charge in [0.15, 0.2) is 5.78 Å². The summed E-state index contributed by atoms with van der Waals surface area (Å²) in [5.41, 5.74) is 3.02. The van der Waals surface area contributed by atoms with E-state index >= 15 is 0 Å². The van der Waals surface area contributed by atoms with E-state index in [9.17, 15) is 14.4 Å². The predicted molar refractivity (Wildman–Crippen MR) is 164 cm³/mol. The van der Waals surface area contributed by atoms with Gasteiger partial charge in [-0.05, 0) is 43.5 Å². The molecule has 12 heteroatoms. The third-order valence-corrected chi connectivity index (χ3v) is 8.87. The third-order valence-electron chi connectivity index (χ3n) is 8.87. The van der Waals surface area contributed by atoms with E-state index in [1.807, 2.05) is 43.3 Å².